The first-order chi connectivity index (χ1) is 10.2. The number of rotatable bonds is 0. The van der Waals surface area contributed by atoms with Gasteiger partial charge in [0.2, 0.25) is 4.74 Å². The molecule has 0 radical (unpaired) electrons. The summed E-state index contributed by atoms with van der Waals surface area (Å²) >= 11 is 1.25. The molecular formula is C18H18O3S. The van der Waals surface area contributed by atoms with Gasteiger partial charge in [-0.05, 0) is 40.5 Å². The predicted molar refractivity (Wildman–Crippen MR) is 87.5 cm³/mol. The Morgan fingerprint density at radius 3 is 2.32 bits per heavy atom. The van der Waals surface area contributed by atoms with E-state index in [9.17, 15) is 9.59 Å². The molecule has 1 aromatic heterocycles. The Morgan fingerprint density at radius 1 is 0.955 bits per heavy atom. The van der Waals surface area contributed by atoms with Crippen LogP contribution in [0.1, 0.15) is 39.2 Å². The number of esters is 1. The van der Waals surface area contributed by atoms with Crippen LogP contribution >= 0.6 is 11.3 Å². The van der Waals surface area contributed by atoms with Gasteiger partial charge in [-0.2, -0.15) is 0 Å². The molecular weight excluding hydrogens is 296 g/mol. The van der Waals surface area contributed by atoms with Gasteiger partial charge in [0.1, 0.15) is 5.75 Å². The molecule has 4 rings (SSSR count). The molecule has 22 heavy (non-hydrogen) atoms. The minimum absolute atomic E-state index is 0.0221. The summed E-state index contributed by atoms with van der Waals surface area (Å²) < 4.78 is 6.61. The molecule has 1 saturated carbocycles. The molecule has 0 bridgehead atoms. The van der Waals surface area contributed by atoms with E-state index in [4.69, 9.17) is 4.74 Å². The summed E-state index contributed by atoms with van der Waals surface area (Å²) in [6.07, 6.45) is 0. The number of carbonyl (C=O) groups excluding carboxylic acids is 1. The fourth-order valence-corrected chi connectivity index (χ4v) is 5.12. The van der Waals surface area contributed by atoms with E-state index in [2.05, 4.69) is 27.7 Å². The van der Waals surface area contributed by atoms with Crippen LogP contribution in [0.2, 0.25) is 0 Å². The lowest BCUT2D eigenvalue weighted by Crippen LogP contribution is -2.63. The van der Waals surface area contributed by atoms with Crippen LogP contribution in [0.5, 0.6) is 5.75 Å². The zero-order valence-electron chi connectivity index (χ0n) is 13.1. The summed E-state index contributed by atoms with van der Waals surface area (Å²) in [5.74, 6) is 0.470. The molecule has 3 nitrogen and oxygen atoms in total. The third-order valence-electron chi connectivity index (χ3n) is 6.11. The fraction of sp³-hybridized carbons (Fsp3) is 0.444. The summed E-state index contributed by atoms with van der Waals surface area (Å²) in [4.78, 5) is 24.3. The van der Waals surface area contributed by atoms with Gasteiger partial charge in [-0.3, -0.25) is 9.59 Å². The Hall–Kier alpha value is -1.68. The Bertz CT molecular complexity index is 876. The molecule has 0 saturated heterocycles. The van der Waals surface area contributed by atoms with E-state index < -0.39 is 0 Å². The minimum Gasteiger partial charge on any atom is -0.426 e. The number of carbonyl (C=O) groups is 1. The minimum atomic E-state index is -0.136. The lowest BCUT2D eigenvalue weighted by Gasteiger charge is -2.65. The van der Waals surface area contributed by atoms with Crippen LogP contribution < -0.4 is 9.48 Å². The normalized spacial score (nSPS) is 27.5. The van der Waals surface area contributed by atoms with Crippen molar-refractivity contribution in [3.8, 4) is 5.75 Å². The van der Waals surface area contributed by atoms with E-state index in [-0.39, 0.29) is 33.4 Å². The van der Waals surface area contributed by atoms with Crippen molar-refractivity contribution in [3.05, 3.63) is 39.4 Å². The van der Waals surface area contributed by atoms with Crippen molar-refractivity contribution in [1.82, 2.24) is 0 Å². The molecule has 2 heterocycles. The van der Waals surface area contributed by atoms with Gasteiger partial charge in [0.25, 0.3) is 0 Å². The average molecular weight is 314 g/mol. The molecule has 1 aliphatic heterocycles. The SMILES string of the molecule is CC1(C)C2C(=O)Oc3ccc4ccc(=O)sc4c3C2C1(C)C. The van der Waals surface area contributed by atoms with Gasteiger partial charge < -0.3 is 4.74 Å². The smallest absolute Gasteiger partial charge is 0.315 e. The molecule has 1 fully saturated rings. The molecule has 0 amide bonds. The zero-order chi connectivity index (χ0) is 15.9. The molecule has 1 aliphatic carbocycles. The number of fused-ring (bicyclic) bond motifs is 5. The van der Waals surface area contributed by atoms with Gasteiger partial charge in [0, 0.05) is 16.2 Å². The summed E-state index contributed by atoms with van der Waals surface area (Å²) in [7, 11) is 0. The maximum Gasteiger partial charge on any atom is 0.315 e. The summed E-state index contributed by atoms with van der Waals surface area (Å²) in [6, 6.07) is 7.25. The molecule has 2 aromatic rings. The van der Waals surface area contributed by atoms with Gasteiger partial charge in [0.05, 0.1) is 5.92 Å². The Morgan fingerprint density at radius 2 is 1.59 bits per heavy atom. The first kappa shape index (κ1) is 13.9. The highest BCUT2D eigenvalue weighted by atomic mass is 32.1. The third kappa shape index (κ3) is 1.46. The molecule has 1 aromatic carbocycles. The van der Waals surface area contributed by atoms with E-state index in [1.54, 1.807) is 6.07 Å². The van der Waals surface area contributed by atoms with Crippen LogP contribution in [-0.4, -0.2) is 5.97 Å². The maximum absolute atomic E-state index is 12.4. The van der Waals surface area contributed by atoms with Gasteiger partial charge in [-0.15, -0.1) is 0 Å². The van der Waals surface area contributed by atoms with Crippen LogP contribution in [-0.2, 0) is 4.79 Å². The lowest BCUT2D eigenvalue weighted by molar-refractivity contribution is -0.181. The van der Waals surface area contributed by atoms with Crippen molar-refractivity contribution in [3.63, 3.8) is 0 Å². The topological polar surface area (TPSA) is 43.4 Å². The predicted octanol–water partition coefficient (Wildman–Crippen LogP) is 3.95. The highest BCUT2D eigenvalue weighted by Gasteiger charge is 2.67. The van der Waals surface area contributed by atoms with Crippen molar-refractivity contribution in [2.75, 3.05) is 0 Å². The number of hydrogen-bond acceptors (Lipinski definition) is 4. The van der Waals surface area contributed by atoms with Crippen LogP contribution in [0.4, 0.5) is 0 Å². The van der Waals surface area contributed by atoms with Crippen LogP contribution in [0.15, 0.2) is 29.1 Å². The average Bonchev–Trinajstić information content (AvgIpc) is 2.45. The van der Waals surface area contributed by atoms with Gasteiger partial charge in [-0.25, -0.2) is 0 Å². The second-order valence-corrected chi connectivity index (χ2v) is 8.48. The highest BCUT2D eigenvalue weighted by molar-refractivity contribution is 7.16. The van der Waals surface area contributed by atoms with Crippen molar-refractivity contribution in [1.29, 1.82) is 0 Å². The quantitative estimate of drug-likeness (QED) is 0.546. The highest BCUT2D eigenvalue weighted by Crippen LogP contribution is 2.71. The monoisotopic (exact) mass is 314 g/mol. The first-order valence-corrected chi connectivity index (χ1v) is 8.35. The number of benzene rings is 1. The van der Waals surface area contributed by atoms with Crippen molar-refractivity contribution in [2.24, 2.45) is 16.7 Å². The van der Waals surface area contributed by atoms with E-state index in [1.807, 2.05) is 18.2 Å². The molecule has 2 aliphatic rings. The Kier molecular flexibility index (Phi) is 2.53. The van der Waals surface area contributed by atoms with Gasteiger partial charge in [-0.1, -0.05) is 39.0 Å². The van der Waals surface area contributed by atoms with Gasteiger partial charge in [0.15, 0.2) is 0 Å². The lowest BCUT2D eigenvalue weighted by atomic mass is 9.39. The molecule has 114 valence electrons. The van der Waals surface area contributed by atoms with Gasteiger partial charge >= 0.3 is 5.97 Å². The van der Waals surface area contributed by atoms with Crippen molar-refractivity contribution in [2.45, 2.75) is 33.6 Å². The number of ether oxygens (including phenoxy) is 1. The van der Waals surface area contributed by atoms with E-state index in [0.717, 1.165) is 15.6 Å². The van der Waals surface area contributed by atoms with Crippen LogP contribution in [0.3, 0.4) is 0 Å². The summed E-state index contributed by atoms with van der Waals surface area (Å²) in [5, 5.41) is 1.04. The summed E-state index contributed by atoms with van der Waals surface area (Å²) in [6.45, 7) is 8.68. The van der Waals surface area contributed by atoms with Crippen molar-refractivity contribution < 1.29 is 9.53 Å². The molecule has 4 heteroatoms. The Balaban J connectivity index is 2.06. The standard InChI is InChI=1S/C18H18O3S/c1-17(2)13-12-10(21-16(20)14(13)18(17,3)4)7-5-9-6-8-11(19)22-15(9)12/h5-8,13-14H,1-4H3. The molecule has 0 N–H and O–H groups in total. The second kappa shape index (κ2) is 3.99. The summed E-state index contributed by atoms with van der Waals surface area (Å²) in [5.41, 5.74) is 0.911. The fourth-order valence-electron chi connectivity index (χ4n) is 4.19. The van der Waals surface area contributed by atoms with Crippen LogP contribution in [0, 0.1) is 16.7 Å². The largest absolute Gasteiger partial charge is 0.426 e. The zero-order valence-corrected chi connectivity index (χ0v) is 13.9. The second-order valence-electron chi connectivity index (χ2n) is 7.47. The number of hydrogen-bond donors (Lipinski definition) is 0. The molecule has 2 unspecified atom stereocenters. The Labute approximate surface area is 132 Å². The third-order valence-corrected chi connectivity index (χ3v) is 7.11. The molecule has 2 atom stereocenters. The molecule has 0 spiro atoms. The van der Waals surface area contributed by atoms with Crippen LogP contribution in [0.25, 0.3) is 10.1 Å². The van der Waals surface area contributed by atoms with E-state index in [0.29, 0.717) is 5.75 Å². The van der Waals surface area contributed by atoms with Crippen molar-refractivity contribution >= 4 is 27.4 Å². The van der Waals surface area contributed by atoms with E-state index >= 15 is 0 Å². The first-order valence-electron chi connectivity index (χ1n) is 7.53. The maximum atomic E-state index is 12.4. The van der Waals surface area contributed by atoms with E-state index in [1.165, 1.54) is 11.3 Å².